The summed E-state index contributed by atoms with van der Waals surface area (Å²) in [4.78, 5) is 36.6. The molecule has 1 aromatic heterocycles. The van der Waals surface area contributed by atoms with Gasteiger partial charge in [0.1, 0.15) is 29.1 Å². The van der Waals surface area contributed by atoms with Crippen LogP contribution >= 0.6 is 0 Å². The fraction of sp³-hybridized carbons (Fsp3) is 0.0769. The molecular formula is C26H20F2N4O3. The van der Waals surface area contributed by atoms with Gasteiger partial charge in [-0.15, -0.1) is 0 Å². The molecule has 7 nitrogen and oxygen atoms in total. The summed E-state index contributed by atoms with van der Waals surface area (Å²) >= 11 is 0. The molecule has 2 amide bonds. The molecule has 0 fully saturated rings. The molecule has 0 saturated heterocycles. The molecule has 0 aliphatic heterocycles. The molecule has 0 aliphatic rings. The number of anilines is 2. The summed E-state index contributed by atoms with van der Waals surface area (Å²) in [5, 5.41) is 2.72. The largest absolute Gasteiger partial charge is 0.497 e. The van der Waals surface area contributed by atoms with E-state index in [1.54, 1.807) is 24.3 Å². The van der Waals surface area contributed by atoms with Crippen molar-refractivity contribution in [3.63, 3.8) is 0 Å². The van der Waals surface area contributed by atoms with Crippen LogP contribution in [0, 0.1) is 11.6 Å². The molecule has 1 unspecified atom stereocenters. The molecule has 1 atom stereocenters. The minimum Gasteiger partial charge on any atom is -0.497 e. The number of carbonyl (C=O) groups excluding carboxylic acids is 2. The van der Waals surface area contributed by atoms with E-state index in [0.717, 1.165) is 0 Å². The van der Waals surface area contributed by atoms with Gasteiger partial charge in [0.05, 0.1) is 13.3 Å². The number of nitrogens with one attached hydrogen (secondary N) is 1. The Balaban J connectivity index is 1.85. The van der Waals surface area contributed by atoms with Crippen LogP contribution in [-0.2, 0) is 4.79 Å². The Bertz CT molecular complexity index is 1320. The second-order valence-electron chi connectivity index (χ2n) is 7.42. The number of amides is 2. The van der Waals surface area contributed by atoms with E-state index >= 15 is 0 Å². The molecule has 1 N–H and O–H groups in total. The molecular weight excluding hydrogens is 454 g/mol. The quantitative estimate of drug-likeness (QED) is 0.416. The lowest BCUT2D eigenvalue weighted by Gasteiger charge is -2.31. The third kappa shape index (κ3) is 5.47. The fourth-order valence-electron chi connectivity index (χ4n) is 3.49. The van der Waals surface area contributed by atoms with Crippen LogP contribution in [0.15, 0.2) is 91.4 Å². The summed E-state index contributed by atoms with van der Waals surface area (Å²) < 4.78 is 32.4. The molecule has 0 saturated carbocycles. The molecule has 0 bridgehead atoms. The summed E-state index contributed by atoms with van der Waals surface area (Å²) in [6.45, 7) is 0. The summed E-state index contributed by atoms with van der Waals surface area (Å²) in [7, 11) is 1.48. The van der Waals surface area contributed by atoms with Crippen molar-refractivity contribution in [3.8, 4) is 5.75 Å². The first-order valence-electron chi connectivity index (χ1n) is 10.5. The molecule has 1 heterocycles. The van der Waals surface area contributed by atoms with Gasteiger partial charge < -0.3 is 10.1 Å². The number of ether oxygens (including phenoxy) is 1. The highest BCUT2D eigenvalue weighted by Gasteiger charge is 2.34. The van der Waals surface area contributed by atoms with Crippen molar-refractivity contribution in [3.05, 3.63) is 114 Å². The highest BCUT2D eigenvalue weighted by molar-refractivity contribution is 6.11. The Morgan fingerprint density at radius 3 is 2.26 bits per heavy atom. The van der Waals surface area contributed by atoms with Gasteiger partial charge in [0.15, 0.2) is 0 Å². The Morgan fingerprint density at radius 1 is 0.943 bits per heavy atom. The first kappa shape index (κ1) is 23.5. The molecule has 35 heavy (non-hydrogen) atoms. The number of carbonyl (C=O) groups is 2. The second-order valence-corrected chi connectivity index (χ2v) is 7.42. The zero-order valence-corrected chi connectivity index (χ0v) is 18.6. The zero-order valence-electron chi connectivity index (χ0n) is 18.6. The summed E-state index contributed by atoms with van der Waals surface area (Å²) in [5.74, 6) is -1.72. The number of hydrogen-bond donors (Lipinski definition) is 1. The molecule has 0 aliphatic carbocycles. The fourth-order valence-corrected chi connectivity index (χ4v) is 3.49. The molecule has 9 heteroatoms. The predicted octanol–water partition coefficient (Wildman–Crippen LogP) is 4.79. The predicted molar refractivity (Wildman–Crippen MR) is 126 cm³/mol. The number of benzene rings is 3. The minimum absolute atomic E-state index is 0.0145. The number of aromatic nitrogens is 2. The molecule has 4 aromatic rings. The van der Waals surface area contributed by atoms with E-state index in [-0.39, 0.29) is 11.4 Å². The van der Waals surface area contributed by atoms with Crippen molar-refractivity contribution in [2.75, 3.05) is 17.3 Å². The van der Waals surface area contributed by atoms with Crippen LogP contribution in [0.1, 0.15) is 22.1 Å². The minimum atomic E-state index is -1.23. The average Bonchev–Trinajstić information content (AvgIpc) is 2.89. The normalized spacial score (nSPS) is 11.4. The van der Waals surface area contributed by atoms with Crippen LogP contribution in [0.4, 0.5) is 20.2 Å². The van der Waals surface area contributed by atoms with Gasteiger partial charge in [0.2, 0.25) is 0 Å². The number of nitrogens with zero attached hydrogens (tertiary/aromatic N) is 3. The van der Waals surface area contributed by atoms with Crippen LogP contribution in [0.3, 0.4) is 0 Å². The van der Waals surface area contributed by atoms with Gasteiger partial charge in [0, 0.05) is 23.8 Å². The van der Waals surface area contributed by atoms with Gasteiger partial charge in [-0.25, -0.2) is 13.8 Å². The van der Waals surface area contributed by atoms with Gasteiger partial charge in [-0.3, -0.25) is 19.5 Å². The van der Waals surface area contributed by atoms with Gasteiger partial charge in [-0.1, -0.05) is 12.1 Å². The van der Waals surface area contributed by atoms with E-state index in [0.29, 0.717) is 17.0 Å². The van der Waals surface area contributed by atoms with Crippen LogP contribution in [0.25, 0.3) is 0 Å². The maximum absolute atomic E-state index is 13.7. The summed E-state index contributed by atoms with van der Waals surface area (Å²) in [5.41, 5.74) is 0.990. The van der Waals surface area contributed by atoms with E-state index in [4.69, 9.17) is 4.74 Å². The lowest BCUT2D eigenvalue weighted by atomic mass is 10.0. The van der Waals surface area contributed by atoms with Crippen LogP contribution in [-0.4, -0.2) is 28.9 Å². The number of halogens is 2. The molecule has 176 valence electrons. The lowest BCUT2D eigenvalue weighted by molar-refractivity contribution is -0.117. The van der Waals surface area contributed by atoms with Gasteiger partial charge in [0.25, 0.3) is 11.8 Å². The Hall–Kier alpha value is -4.66. The molecule has 0 spiro atoms. The van der Waals surface area contributed by atoms with E-state index in [9.17, 15) is 18.4 Å². The van der Waals surface area contributed by atoms with Crippen LogP contribution in [0.5, 0.6) is 5.75 Å². The van der Waals surface area contributed by atoms with Crippen molar-refractivity contribution in [1.82, 2.24) is 9.97 Å². The number of hydrogen-bond acceptors (Lipinski definition) is 5. The van der Waals surface area contributed by atoms with Crippen LogP contribution < -0.4 is 15.0 Å². The highest BCUT2D eigenvalue weighted by Crippen LogP contribution is 2.32. The Morgan fingerprint density at radius 2 is 1.63 bits per heavy atom. The van der Waals surface area contributed by atoms with Gasteiger partial charge in [-0.2, -0.15) is 0 Å². The standard InChI is InChI=1S/C26H20F2N4O3/c1-35-22-4-2-3-17(15-22)24(25(33)31-20-9-5-18(27)6-10-20)32(21-11-7-19(28)8-12-21)26(34)23-16-29-13-14-30-23/h2-16,24H,1H3,(H,31,33). The zero-order chi connectivity index (χ0) is 24.8. The van der Waals surface area contributed by atoms with Crippen molar-refractivity contribution < 1.29 is 23.1 Å². The van der Waals surface area contributed by atoms with E-state index in [1.807, 2.05) is 0 Å². The smallest absolute Gasteiger partial charge is 0.279 e. The maximum Gasteiger partial charge on any atom is 0.279 e. The third-order valence-corrected chi connectivity index (χ3v) is 5.13. The number of rotatable bonds is 7. The second kappa shape index (κ2) is 10.5. The monoisotopic (exact) mass is 474 g/mol. The SMILES string of the molecule is COc1cccc(C(C(=O)Nc2ccc(F)cc2)N(C(=O)c2cnccn2)c2ccc(F)cc2)c1. The maximum atomic E-state index is 13.7. The highest BCUT2D eigenvalue weighted by atomic mass is 19.1. The Labute approximate surface area is 200 Å². The first-order valence-corrected chi connectivity index (χ1v) is 10.5. The first-order chi connectivity index (χ1) is 17.0. The van der Waals surface area contributed by atoms with Gasteiger partial charge in [-0.05, 0) is 66.2 Å². The van der Waals surface area contributed by atoms with E-state index < -0.39 is 29.5 Å². The van der Waals surface area contributed by atoms with Crippen LogP contribution in [0.2, 0.25) is 0 Å². The summed E-state index contributed by atoms with van der Waals surface area (Å²) in [6.07, 6.45) is 4.05. The third-order valence-electron chi connectivity index (χ3n) is 5.13. The van der Waals surface area contributed by atoms with Crippen molar-refractivity contribution >= 4 is 23.2 Å². The van der Waals surface area contributed by atoms with Crippen molar-refractivity contribution in [1.29, 1.82) is 0 Å². The Kier molecular flexibility index (Phi) is 7.06. The summed E-state index contributed by atoms with van der Waals surface area (Å²) in [6, 6.07) is 15.8. The molecule has 3 aromatic carbocycles. The molecule has 4 rings (SSSR count). The topological polar surface area (TPSA) is 84.4 Å². The molecule has 0 radical (unpaired) electrons. The van der Waals surface area contributed by atoms with Gasteiger partial charge >= 0.3 is 0 Å². The van der Waals surface area contributed by atoms with E-state index in [2.05, 4.69) is 15.3 Å². The van der Waals surface area contributed by atoms with Crippen molar-refractivity contribution in [2.45, 2.75) is 6.04 Å². The lowest BCUT2D eigenvalue weighted by Crippen LogP contribution is -2.42. The average molecular weight is 474 g/mol. The number of methoxy groups -OCH3 is 1. The van der Waals surface area contributed by atoms with Crippen molar-refractivity contribution in [2.24, 2.45) is 0 Å². The van der Waals surface area contributed by atoms with E-state index in [1.165, 1.54) is 79.1 Å².